The first-order valence-corrected chi connectivity index (χ1v) is 5.84. The number of hydrogen-bond acceptors (Lipinski definition) is 3. The number of aryl methyl sites for hydroxylation is 1. The summed E-state index contributed by atoms with van der Waals surface area (Å²) in [5, 5.41) is 0. The third-order valence-corrected chi connectivity index (χ3v) is 3.08. The highest BCUT2D eigenvalue weighted by molar-refractivity contribution is 5.16. The van der Waals surface area contributed by atoms with Crippen LogP contribution in [-0.2, 0) is 6.42 Å². The van der Waals surface area contributed by atoms with Crippen molar-refractivity contribution in [1.29, 1.82) is 0 Å². The first kappa shape index (κ1) is 10.6. The fourth-order valence-corrected chi connectivity index (χ4v) is 2.36. The Morgan fingerprint density at radius 3 is 2.73 bits per heavy atom. The molecular weight excluding hydrogens is 186 g/mol. The molecule has 82 valence electrons. The van der Waals surface area contributed by atoms with Crippen LogP contribution in [0.25, 0.3) is 0 Å². The van der Waals surface area contributed by atoms with Crippen LogP contribution in [0.15, 0.2) is 6.07 Å². The summed E-state index contributed by atoms with van der Waals surface area (Å²) in [6.45, 7) is 2.64. The Kier molecular flexibility index (Phi) is 3.31. The molecule has 0 spiro atoms. The lowest BCUT2D eigenvalue weighted by molar-refractivity contribution is 0.683. The van der Waals surface area contributed by atoms with Crippen LogP contribution in [0.5, 0.6) is 0 Å². The standard InChI is InChI=1S/C12H19N3/c1-9-14-11(6-7-13)8-12(15-9)10-4-2-3-5-10/h8,10H,2-7,13H2,1H3. The third kappa shape index (κ3) is 2.53. The first-order chi connectivity index (χ1) is 7.29. The lowest BCUT2D eigenvalue weighted by Gasteiger charge is -2.10. The number of nitrogens with two attached hydrogens (primary N) is 1. The Bertz CT molecular complexity index is 330. The molecule has 1 aromatic heterocycles. The van der Waals surface area contributed by atoms with Crippen molar-refractivity contribution in [1.82, 2.24) is 9.97 Å². The van der Waals surface area contributed by atoms with Crippen molar-refractivity contribution < 1.29 is 0 Å². The smallest absolute Gasteiger partial charge is 0.125 e. The zero-order chi connectivity index (χ0) is 10.7. The summed E-state index contributed by atoms with van der Waals surface area (Å²) in [6.07, 6.45) is 6.14. The van der Waals surface area contributed by atoms with Crippen molar-refractivity contribution in [2.24, 2.45) is 5.73 Å². The van der Waals surface area contributed by atoms with Crippen LogP contribution in [0.3, 0.4) is 0 Å². The lowest BCUT2D eigenvalue weighted by atomic mass is 10.0. The van der Waals surface area contributed by atoms with E-state index in [-0.39, 0.29) is 0 Å². The van der Waals surface area contributed by atoms with E-state index in [1.165, 1.54) is 31.4 Å². The molecule has 3 nitrogen and oxygen atoms in total. The molecule has 0 aliphatic heterocycles. The van der Waals surface area contributed by atoms with Gasteiger partial charge in [0.2, 0.25) is 0 Å². The van der Waals surface area contributed by atoms with Gasteiger partial charge < -0.3 is 5.73 Å². The average molecular weight is 205 g/mol. The van der Waals surface area contributed by atoms with Crippen LogP contribution in [-0.4, -0.2) is 16.5 Å². The van der Waals surface area contributed by atoms with Crippen LogP contribution in [0, 0.1) is 6.92 Å². The maximum Gasteiger partial charge on any atom is 0.125 e. The molecule has 0 saturated heterocycles. The summed E-state index contributed by atoms with van der Waals surface area (Å²) in [7, 11) is 0. The molecule has 0 amide bonds. The average Bonchev–Trinajstić information content (AvgIpc) is 2.70. The summed E-state index contributed by atoms with van der Waals surface area (Å²) in [5.74, 6) is 1.56. The maximum atomic E-state index is 5.55. The van der Waals surface area contributed by atoms with Crippen molar-refractivity contribution in [2.75, 3.05) is 6.54 Å². The zero-order valence-corrected chi connectivity index (χ0v) is 9.37. The normalized spacial score (nSPS) is 17.2. The molecule has 15 heavy (non-hydrogen) atoms. The highest BCUT2D eigenvalue weighted by Gasteiger charge is 2.19. The Morgan fingerprint density at radius 1 is 1.33 bits per heavy atom. The van der Waals surface area contributed by atoms with Crippen LogP contribution < -0.4 is 5.73 Å². The van der Waals surface area contributed by atoms with Crippen molar-refractivity contribution in [2.45, 2.75) is 44.9 Å². The Morgan fingerprint density at radius 2 is 2.07 bits per heavy atom. The van der Waals surface area contributed by atoms with Gasteiger partial charge in [0.1, 0.15) is 5.82 Å². The highest BCUT2D eigenvalue weighted by atomic mass is 14.9. The van der Waals surface area contributed by atoms with Crippen molar-refractivity contribution in [3.8, 4) is 0 Å². The van der Waals surface area contributed by atoms with Crippen molar-refractivity contribution in [3.05, 3.63) is 23.3 Å². The molecule has 1 aliphatic rings. The van der Waals surface area contributed by atoms with Crippen LogP contribution in [0.2, 0.25) is 0 Å². The van der Waals surface area contributed by atoms with Gasteiger partial charge in [0.15, 0.2) is 0 Å². The van der Waals surface area contributed by atoms with E-state index in [4.69, 9.17) is 5.73 Å². The van der Waals surface area contributed by atoms with Crippen molar-refractivity contribution >= 4 is 0 Å². The molecule has 3 heteroatoms. The molecule has 1 fully saturated rings. The summed E-state index contributed by atoms with van der Waals surface area (Å²) >= 11 is 0. The second-order valence-electron chi connectivity index (χ2n) is 4.35. The second-order valence-corrected chi connectivity index (χ2v) is 4.35. The first-order valence-electron chi connectivity index (χ1n) is 5.84. The van der Waals surface area contributed by atoms with E-state index in [1.807, 2.05) is 6.92 Å². The minimum absolute atomic E-state index is 0.667. The maximum absolute atomic E-state index is 5.55. The van der Waals surface area contributed by atoms with Crippen LogP contribution >= 0.6 is 0 Å². The number of rotatable bonds is 3. The van der Waals surface area contributed by atoms with Gasteiger partial charge in [-0.25, -0.2) is 9.97 Å². The van der Waals surface area contributed by atoms with Gasteiger partial charge in [0.25, 0.3) is 0 Å². The molecule has 1 aromatic rings. The van der Waals surface area contributed by atoms with Gasteiger partial charge in [0.05, 0.1) is 0 Å². The molecule has 2 rings (SSSR count). The topological polar surface area (TPSA) is 51.8 Å². The van der Waals surface area contributed by atoms with Gasteiger partial charge in [-0.05, 0) is 32.4 Å². The fourth-order valence-electron chi connectivity index (χ4n) is 2.36. The second kappa shape index (κ2) is 4.71. The van der Waals surface area contributed by atoms with E-state index in [0.29, 0.717) is 12.5 Å². The van der Waals surface area contributed by atoms with Gasteiger partial charge in [-0.15, -0.1) is 0 Å². The largest absolute Gasteiger partial charge is 0.330 e. The zero-order valence-electron chi connectivity index (χ0n) is 9.37. The summed E-state index contributed by atoms with van der Waals surface area (Å²) in [5.41, 5.74) is 7.90. The molecule has 0 bridgehead atoms. The summed E-state index contributed by atoms with van der Waals surface area (Å²) < 4.78 is 0. The number of aromatic nitrogens is 2. The van der Waals surface area contributed by atoms with E-state index in [0.717, 1.165) is 17.9 Å². The molecule has 1 heterocycles. The van der Waals surface area contributed by atoms with E-state index < -0.39 is 0 Å². The van der Waals surface area contributed by atoms with E-state index in [2.05, 4.69) is 16.0 Å². The lowest BCUT2D eigenvalue weighted by Crippen LogP contribution is -2.08. The van der Waals surface area contributed by atoms with E-state index in [1.54, 1.807) is 0 Å². The minimum Gasteiger partial charge on any atom is -0.330 e. The van der Waals surface area contributed by atoms with Crippen LogP contribution in [0.1, 0.15) is 48.8 Å². The number of hydrogen-bond donors (Lipinski definition) is 1. The Hall–Kier alpha value is -0.960. The molecular formula is C12H19N3. The molecule has 0 aromatic carbocycles. The van der Waals surface area contributed by atoms with Gasteiger partial charge in [0, 0.05) is 23.7 Å². The van der Waals surface area contributed by atoms with Gasteiger partial charge in [-0.3, -0.25) is 0 Å². The molecule has 0 radical (unpaired) electrons. The third-order valence-electron chi connectivity index (χ3n) is 3.08. The van der Waals surface area contributed by atoms with Gasteiger partial charge in [-0.1, -0.05) is 12.8 Å². The fraction of sp³-hybridized carbons (Fsp3) is 0.667. The predicted octanol–water partition coefficient (Wildman–Crippen LogP) is 1.94. The summed E-state index contributed by atoms with van der Waals surface area (Å²) in [6, 6.07) is 2.15. The molecule has 1 saturated carbocycles. The number of nitrogens with zero attached hydrogens (tertiary/aromatic N) is 2. The minimum atomic E-state index is 0.667. The molecule has 1 aliphatic carbocycles. The summed E-state index contributed by atoms with van der Waals surface area (Å²) in [4.78, 5) is 8.95. The van der Waals surface area contributed by atoms with Gasteiger partial charge in [-0.2, -0.15) is 0 Å². The Labute approximate surface area is 91.1 Å². The molecule has 0 atom stereocenters. The quantitative estimate of drug-likeness (QED) is 0.820. The van der Waals surface area contributed by atoms with Crippen molar-refractivity contribution in [3.63, 3.8) is 0 Å². The van der Waals surface area contributed by atoms with Crippen LogP contribution in [0.4, 0.5) is 0 Å². The SMILES string of the molecule is Cc1nc(CCN)cc(C2CCCC2)n1. The molecule has 2 N–H and O–H groups in total. The monoisotopic (exact) mass is 205 g/mol. The van der Waals surface area contributed by atoms with E-state index >= 15 is 0 Å². The Balaban J connectivity index is 2.22. The van der Waals surface area contributed by atoms with Gasteiger partial charge >= 0.3 is 0 Å². The predicted molar refractivity (Wildman–Crippen MR) is 60.7 cm³/mol. The highest BCUT2D eigenvalue weighted by Crippen LogP contribution is 2.33. The van der Waals surface area contributed by atoms with E-state index in [9.17, 15) is 0 Å². The molecule has 0 unspecified atom stereocenters.